The van der Waals surface area contributed by atoms with E-state index in [2.05, 4.69) is 25.9 Å². The highest BCUT2D eigenvalue weighted by atomic mass is 17.2. The molecule has 0 aliphatic carbocycles. The molecule has 4 amide bonds. The lowest BCUT2D eigenvalue weighted by Crippen LogP contribution is -2.43. The van der Waals surface area contributed by atoms with E-state index >= 15 is 0 Å². The number of aromatic nitrogens is 2. The number of hydrogen-bond donors (Lipinski definition) is 5. The Morgan fingerprint density at radius 3 is 2.50 bits per heavy atom. The largest absolute Gasteiger partial charge is 0.382 e. The average molecular weight is 604 g/mol. The summed E-state index contributed by atoms with van der Waals surface area (Å²) in [7, 11) is 1.37. The van der Waals surface area contributed by atoms with Crippen LogP contribution in [0.2, 0.25) is 0 Å². The summed E-state index contributed by atoms with van der Waals surface area (Å²) in [6.45, 7) is 1.03. The van der Waals surface area contributed by atoms with Crippen molar-refractivity contribution in [2.75, 3.05) is 60.4 Å². The number of fused-ring (bicyclic) bond motifs is 2. The summed E-state index contributed by atoms with van der Waals surface area (Å²) in [6.07, 6.45) is 1.57. The van der Waals surface area contributed by atoms with Gasteiger partial charge in [-0.1, -0.05) is 12.1 Å². The van der Waals surface area contributed by atoms with Crippen LogP contribution >= 0.6 is 0 Å². The fourth-order valence-electron chi connectivity index (χ4n) is 5.16. The predicted octanol–water partition coefficient (Wildman–Crippen LogP) is 1.26. The van der Waals surface area contributed by atoms with Crippen molar-refractivity contribution < 1.29 is 29.0 Å². The van der Waals surface area contributed by atoms with Crippen LogP contribution in [0.25, 0.3) is 0 Å². The van der Waals surface area contributed by atoms with Crippen molar-refractivity contribution in [3.63, 3.8) is 0 Å². The molecule has 0 saturated carbocycles. The molecule has 2 aliphatic rings. The number of anilines is 5. The Kier molecular flexibility index (Phi) is 9.16. The van der Waals surface area contributed by atoms with E-state index in [1.54, 1.807) is 48.5 Å². The van der Waals surface area contributed by atoms with Crippen LogP contribution in [0, 0.1) is 0 Å². The summed E-state index contributed by atoms with van der Waals surface area (Å²) in [4.78, 5) is 70.9. The van der Waals surface area contributed by atoms with E-state index in [1.807, 2.05) is 0 Å². The van der Waals surface area contributed by atoms with Crippen molar-refractivity contribution in [1.82, 2.24) is 20.2 Å². The highest BCUT2D eigenvalue weighted by Crippen LogP contribution is 2.30. The second-order valence-corrected chi connectivity index (χ2v) is 10.3. The van der Waals surface area contributed by atoms with Gasteiger partial charge in [-0.3, -0.25) is 24.1 Å². The molecule has 0 saturated heterocycles. The average Bonchev–Trinajstić information content (AvgIpc) is 3.27. The van der Waals surface area contributed by atoms with Gasteiger partial charge in [0, 0.05) is 30.9 Å². The Labute approximate surface area is 252 Å². The Morgan fingerprint density at radius 2 is 1.84 bits per heavy atom. The molecule has 2 atom stereocenters. The maximum Gasteiger partial charge on any atom is 0.261 e. The number of nitrogens with one attached hydrogen (secondary N) is 3. The quantitative estimate of drug-likeness (QED) is 0.0810. The number of hydrogen-bond acceptors (Lipinski definition) is 12. The molecule has 3 aromatic rings. The van der Waals surface area contributed by atoms with E-state index in [9.17, 15) is 19.2 Å². The third kappa shape index (κ3) is 6.53. The Hall–Kier alpha value is -5.28. The van der Waals surface area contributed by atoms with Crippen LogP contribution in [-0.4, -0.2) is 84.4 Å². The van der Waals surface area contributed by atoms with Crippen molar-refractivity contribution >= 4 is 53.1 Å². The van der Waals surface area contributed by atoms with E-state index in [0.717, 1.165) is 0 Å². The normalized spacial score (nSPS) is 15.9. The van der Waals surface area contributed by atoms with Crippen LogP contribution in [0.5, 0.6) is 0 Å². The van der Waals surface area contributed by atoms with Crippen LogP contribution in [0.3, 0.4) is 0 Å². The number of nitrogen functional groups attached to an aromatic ring is 2. The third-order valence-electron chi connectivity index (χ3n) is 7.36. The number of carbonyl (C=O) groups is 4. The number of imide groups is 1. The van der Waals surface area contributed by atoms with Crippen molar-refractivity contribution in [3.05, 3.63) is 65.2 Å². The van der Waals surface area contributed by atoms with Crippen molar-refractivity contribution in [3.8, 4) is 0 Å². The zero-order valence-electron chi connectivity index (χ0n) is 24.0. The first-order chi connectivity index (χ1) is 21.3. The Bertz CT molecular complexity index is 1520. The summed E-state index contributed by atoms with van der Waals surface area (Å²) in [5, 5.41) is 9.30. The van der Waals surface area contributed by atoms with E-state index in [0.29, 0.717) is 66.2 Å². The third-order valence-corrected chi connectivity index (χ3v) is 7.36. The lowest BCUT2D eigenvalue weighted by molar-refractivity contribution is -0.275. The Morgan fingerprint density at radius 1 is 1.14 bits per heavy atom. The van der Waals surface area contributed by atoms with Crippen molar-refractivity contribution in [2.24, 2.45) is 0 Å². The monoisotopic (exact) mass is 603 g/mol. The molecule has 0 bridgehead atoms. The fourth-order valence-corrected chi connectivity index (χ4v) is 5.16. The lowest BCUT2D eigenvalue weighted by Gasteiger charge is -2.31. The summed E-state index contributed by atoms with van der Waals surface area (Å²) in [5.74, 6) is -0.247. The summed E-state index contributed by atoms with van der Waals surface area (Å²) >= 11 is 0. The van der Waals surface area contributed by atoms with Crippen LogP contribution in [-0.2, 0) is 14.6 Å². The second-order valence-electron chi connectivity index (χ2n) is 10.3. The topological polar surface area (TPSA) is 207 Å². The minimum Gasteiger partial charge on any atom is -0.382 e. The van der Waals surface area contributed by atoms with Gasteiger partial charge < -0.3 is 32.3 Å². The van der Waals surface area contributed by atoms with E-state index in [1.165, 1.54) is 16.9 Å². The van der Waals surface area contributed by atoms with Crippen molar-refractivity contribution in [1.29, 1.82) is 0 Å². The minimum absolute atomic E-state index is 0.0616. The molecule has 0 spiro atoms. The highest BCUT2D eigenvalue weighted by Gasteiger charge is 2.34. The van der Waals surface area contributed by atoms with Crippen LogP contribution in [0.15, 0.2) is 48.5 Å². The molecule has 0 fully saturated rings. The zero-order chi connectivity index (χ0) is 31.2. The van der Waals surface area contributed by atoms with Gasteiger partial charge in [-0.05, 0) is 49.2 Å². The van der Waals surface area contributed by atoms with Crippen LogP contribution < -0.4 is 32.3 Å². The molecule has 3 heterocycles. The molecule has 2 unspecified atom stereocenters. The second kappa shape index (κ2) is 13.4. The lowest BCUT2D eigenvalue weighted by atomic mass is 10.1. The molecular weight excluding hydrogens is 570 g/mol. The summed E-state index contributed by atoms with van der Waals surface area (Å²) in [5.41, 5.74) is 13.9. The fraction of sp³-hybridized carbons (Fsp3) is 0.310. The maximum absolute atomic E-state index is 13.1. The number of rotatable bonds is 13. The molecule has 7 N–H and O–H groups in total. The molecule has 15 heteroatoms. The van der Waals surface area contributed by atoms with Gasteiger partial charge in [-0.2, -0.15) is 9.97 Å². The molecular formula is C29H33N9O6. The first-order valence-corrected chi connectivity index (χ1v) is 14.0. The smallest absolute Gasteiger partial charge is 0.261 e. The van der Waals surface area contributed by atoms with Crippen molar-refractivity contribution in [2.45, 2.75) is 24.9 Å². The SMILES string of the molecule is COOCC(CCCN1C(=O)c2ccccc2C1=O)NC(=O)c1ccc(N(C=O)CC2CNc3nc(N)nc(N)c3N2)cc1. The number of amides is 4. The molecule has 2 aliphatic heterocycles. The van der Waals surface area contributed by atoms with Gasteiger partial charge in [0.05, 0.1) is 30.3 Å². The van der Waals surface area contributed by atoms with Gasteiger partial charge in [-0.25, -0.2) is 9.78 Å². The Balaban J connectivity index is 1.16. The zero-order valence-corrected chi connectivity index (χ0v) is 24.0. The first-order valence-electron chi connectivity index (χ1n) is 14.0. The van der Waals surface area contributed by atoms with Gasteiger partial charge in [0.1, 0.15) is 12.3 Å². The van der Waals surface area contributed by atoms with Crippen LogP contribution in [0.1, 0.15) is 43.9 Å². The molecule has 2 aromatic carbocycles. The summed E-state index contributed by atoms with van der Waals surface area (Å²) < 4.78 is 0. The first kappa shape index (κ1) is 30.2. The standard InChI is InChI=1S/C29H33N9O6/c1-43-44-15-18(5-4-12-38-27(41)21-6-2-3-7-22(21)28(38)42)34-26(40)17-8-10-20(11-9-17)37(16-39)14-19-13-32-25-23(33-19)24(30)35-29(31)36-25/h2-3,6-11,16,18-19,33H,4-5,12-15H2,1H3,(H,34,40)(H5,30,31,32,35,36). The van der Waals surface area contributed by atoms with E-state index in [-0.39, 0.29) is 48.7 Å². The van der Waals surface area contributed by atoms with Gasteiger partial charge in [0.25, 0.3) is 17.7 Å². The molecule has 15 nitrogen and oxygen atoms in total. The van der Waals surface area contributed by atoms with E-state index < -0.39 is 6.04 Å². The van der Waals surface area contributed by atoms with Gasteiger partial charge in [0.15, 0.2) is 11.6 Å². The minimum atomic E-state index is -0.455. The number of nitrogens with zero attached hydrogens (tertiary/aromatic N) is 4. The predicted molar refractivity (Wildman–Crippen MR) is 162 cm³/mol. The number of nitrogens with two attached hydrogens (primary N) is 2. The molecule has 0 radical (unpaired) electrons. The van der Waals surface area contributed by atoms with Gasteiger partial charge in [0.2, 0.25) is 12.4 Å². The van der Waals surface area contributed by atoms with Crippen LogP contribution in [0.4, 0.5) is 29.0 Å². The van der Waals surface area contributed by atoms with Gasteiger partial charge >= 0.3 is 0 Å². The van der Waals surface area contributed by atoms with E-state index in [4.69, 9.17) is 21.2 Å². The highest BCUT2D eigenvalue weighted by molar-refractivity contribution is 6.21. The number of benzene rings is 2. The van der Waals surface area contributed by atoms with Gasteiger partial charge in [-0.15, -0.1) is 0 Å². The molecule has 230 valence electrons. The maximum atomic E-state index is 13.1. The number of carbonyl (C=O) groups excluding carboxylic acids is 4. The molecule has 44 heavy (non-hydrogen) atoms. The molecule has 5 rings (SSSR count). The summed E-state index contributed by atoms with van der Waals surface area (Å²) in [6, 6.07) is 12.6. The molecule has 1 aromatic heterocycles.